The SMILES string of the molecule is CN1CCN(c2ccc(-c3ccc(O)c(N4CC(=O)NS4=O)c3F)cn2)CC1. The summed E-state index contributed by atoms with van der Waals surface area (Å²) in [6, 6.07) is 6.37. The van der Waals surface area contributed by atoms with Gasteiger partial charge < -0.3 is 14.9 Å². The number of piperazine rings is 1. The molecule has 1 amide bonds. The van der Waals surface area contributed by atoms with Gasteiger partial charge in [-0.15, -0.1) is 0 Å². The van der Waals surface area contributed by atoms with Crippen LogP contribution in [-0.2, 0) is 16.0 Å². The minimum atomic E-state index is -1.93. The molecular weight excluding hydrogens is 385 g/mol. The zero-order chi connectivity index (χ0) is 19.8. The molecule has 1 aromatic heterocycles. The first-order valence-electron chi connectivity index (χ1n) is 8.84. The number of carbonyl (C=O) groups is 1. The van der Waals surface area contributed by atoms with E-state index in [1.165, 1.54) is 12.1 Å². The zero-order valence-electron chi connectivity index (χ0n) is 15.3. The number of phenolic OH excluding ortho intramolecular Hbond substituents is 1. The molecule has 0 aliphatic carbocycles. The van der Waals surface area contributed by atoms with E-state index in [4.69, 9.17) is 0 Å². The molecule has 10 heteroatoms. The number of pyridine rings is 1. The molecule has 1 atom stereocenters. The van der Waals surface area contributed by atoms with Crippen molar-refractivity contribution in [2.75, 3.05) is 49.0 Å². The second-order valence-corrected chi connectivity index (χ2v) is 7.94. The second-order valence-electron chi connectivity index (χ2n) is 6.80. The fourth-order valence-electron chi connectivity index (χ4n) is 3.32. The average Bonchev–Trinajstić information content (AvgIpc) is 3.01. The fourth-order valence-corrected chi connectivity index (χ4v) is 4.26. The Hall–Kier alpha value is -2.72. The highest BCUT2D eigenvalue weighted by Gasteiger charge is 2.32. The molecule has 2 fully saturated rings. The molecule has 1 aromatic carbocycles. The van der Waals surface area contributed by atoms with E-state index in [1.807, 2.05) is 6.07 Å². The van der Waals surface area contributed by atoms with Crippen LogP contribution in [0.25, 0.3) is 11.1 Å². The van der Waals surface area contributed by atoms with E-state index in [9.17, 15) is 14.1 Å². The van der Waals surface area contributed by atoms with E-state index in [1.54, 1.807) is 12.3 Å². The lowest BCUT2D eigenvalue weighted by Crippen LogP contribution is -2.44. The van der Waals surface area contributed by atoms with Crippen LogP contribution in [0.2, 0.25) is 0 Å². The summed E-state index contributed by atoms with van der Waals surface area (Å²) in [5, 5.41) is 10.1. The monoisotopic (exact) mass is 405 g/mol. The van der Waals surface area contributed by atoms with E-state index >= 15 is 4.39 Å². The van der Waals surface area contributed by atoms with Gasteiger partial charge in [0.05, 0.1) is 0 Å². The molecule has 8 nitrogen and oxygen atoms in total. The Kier molecular flexibility index (Phi) is 4.90. The van der Waals surface area contributed by atoms with Crippen molar-refractivity contribution in [1.29, 1.82) is 0 Å². The number of aromatic nitrogens is 1. The lowest BCUT2D eigenvalue weighted by Gasteiger charge is -2.33. The maximum Gasteiger partial charge on any atom is 0.253 e. The number of hydrogen-bond donors (Lipinski definition) is 2. The van der Waals surface area contributed by atoms with Crippen LogP contribution in [0, 0.1) is 5.82 Å². The molecule has 2 aliphatic heterocycles. The van der Waals surface area contributed by atoms with Crippen molar-refractivity contribution in [2.45, 2.75) is 0 Å². The van der Waals surface area contributed by atoms with Gasteiger partial charge in [-0.2, -0.15) is 0 Å². The summed E-state index contributed by atoms with van der Waals surface area (Å²) in [6.45, 7) is 3.38. The predicted octanol–water partition coefficient (Wildman–Crippen LogP) is 0.860. The summed E-state index contributed by atoms with van der Waals surface area (Å²) in [7, 11) is 2.08. The van der Waals surface area contributed by atoms with E-state index in [2.05, 4.69) is 26.6 Å². The maximum atomic E-state index is 15.2. The molecule has 4 rings (SSSR count). The summed E-state index contributed by atoms with van der Waals surface area (Å²) in [5.41, 5.74) is 0.472. The highest BCUT2D eigenvalue weighted by molar-refractivity contribution is 7.85. The minimum Gasteiger partial charge on any atom is -0.506 e. The van der Waals surface area contributed by atoms with Crippen LogP contribution >= 0.6 is 0 Å². The van der Waals surface area contributed by atoms with Crippen molar-refractivity contribution in [3.63, 3.8) is 0 Å². The van der Waals surface area contributed by atoms with Gasteiger partial charge >= 0.3 is 0 Å². The number of nitrogens with one attached hydrogen (secondary N) is 1. The van der Waals surface area contributed by atoms with Crippen molar-refractivity contribution < 1.29 is 18.5 Å². The number of carbonyl (C=O) groups excluding carboxylic acids is 1. The number of aromatic hydroxyl groups is 1. The van der Waals surface area contributed by atoms with Crippen LogP contribution in [0.4, 0.5) is 15.9 Å². The molecule has 0 bridgehead atoms. The standard InChI is InChI=1S/C18H20FN5O3S/c1-22-6-8-23(9-7-22)15-5-2-12(10-20-15)13-3-4-14(25)18(17(13)19)24-11-16(26)21-28(24)27/h2-5,10,25H,6-9,11H2,1H3,(H,21,26). The van der Waals surface area contributed by atoms with Crippen LogP contribution in [0.15, 0.2) is 30.5 Å². The number of halogens is 1. The van der Waals surface area contributed by atoms with Crippen molar-refractivity contribution in [1.82, 2.24) is 14.6 Å². The number of hydrogen-bond acceptors (Lipinski definition) is 6. The lowest BCUT2D eigenvalue weighted by atomic mass is 10.1. The molecule has 2 N–H and O–H groups in total. The van der Waals surface area contributed by atoms with Crippen molar-refractivity contribution >= 4 is 28.6 Å². The van der Waals surface area contributed by atoms with E-state index < -0.39 is 22.9 Å². The summed E-state index contributed by atoms with van der Waals surface area (Å²) in [4.78, 5) is 20.3. The number of phenols is 1. The van der Waals surface area contributed by atoms with Gasteiger partial charge in [0.1, 0.15) is 23.8 Å². The highest BCUT2D eigenvalue weighted by Crippen LogP contribution is 2.38. The van der Waals surface area contributed by atoms with Crippen molar-refractivity contribution in [3.8, 4) is 16.9 Å². The topological polar surface area (TPSA) is 89.0 Å². The Morgan fingerprint density at radius 2 is 1.93 bits per heavy atom. The number of nitrogens with zero attached hydrogens (tertiary/aromatic N) is 4. The van der Waals surface area contributed by atoms with Gasteiger partial charge in [-0.25, -0.2) is 13.6 Å². The van der Waals surface area contributed by atoms with Crippen LogP contribution in [0.5, 0.6) is 5.75 Å². The molecule has 2 saturated heterocycles. The quantitative estimate of drug-likeness (QED) is 0.788. The molecule has 2 aliphatic rings. The first-order valence-corrected chi connectivity index (χ1v) is 9.95. The summed E-state index contributed by atoms with van der Waals surface area (Å²) >= 11 is -1.93. The summed E-state index contributed by atoms with van der Waals surface area (Å²) < 4.78 is 30.3. The van der Waals surface area contributed by atoms with Crippen molar-refractivity contribution in [2.24, 2.45) is 0 Å². The predicted molar refractivity (Wildman–Crippen MR) is 105 cm³/mol. The molecule has 3 heterocycles. The van der Waals surface area contributed by atoms with Gasteiger partial charge in [-0.3, -0.25) is 13.8 Å². The van der Waals surface area contributed by atoms with Crippen molar-refractivity contribution in [3.05, 3.63) is 36.3 Å². The first kappa shape index (κ1) is 18.6. The Balaban J connectivity index is 1.63. The Morgan fingerprint density at radius 1 is 1.18 bits per heavy atom. The molecule has 28 heavy (non-hydrogen) atoms. The largest absolute Gasteiger partial charge is 0.506 e. The van der Waals surface area contributed by atoms with E-state index in [0.29, 0.717) is 5.56 Å². The third-order valence-corrected chi connectivity index (χ3v) is 6.03. The number of amides is 1. The third kappa shape index (κ3) is 3.40. The van der Waals surface area contributed by atoms with E-state index in [0.717, 1.165) is 36.3 Å². The van der Waals surface area contributed by atoms with Gasteiger partial charge in [0.2, 0.25) is 11.2 Å². The molecule has 0 saturated carbocycles. The smallest absolute Gasteiger partial charge is 0.253 e. The molecule has 1 unspecified atom stereocenters. The van der Waals surface area contributed by atoms with Crippen LogP contribution in [0.3, 0.4) is 0 Å². The van der Waals surface area contributed by atoms with Gasteiger partial charge in [-0.05, 0) is 31.3 Å². The minimum absolute atomic E-state index is 0.210. The lowest BCUT2D eigenvalue weighted by molar-refractivity contribution is -0.117. The second kappa shape index (κ2) is 7.36. The Bertz CT molecular complexity index is 932. The summed E-state index contributed by atoms with van der Waals surface area (Å²) in [5.74, 6) is -0.806. The molecular formula is C18H20FN5O3S. The Morgan fingerprint density at radius 3 is 2.54 bits per heavy atom. The number of anilines is 2. The van der Waals surface area contributed by atoms with Crippen LogP contribution in [-0.4, -0.2) is 64.9 Å². The number of benzene rings is 1. The first-order chi connectivity index (χ1) is 13.4. The third-order valence-electron chi connectivity index (χ3n) is 4.92. The van der Waals surface area contributed by atoms with Gasteiger partial charge in [-0.1, -0.05) is 0 Å². The van der Waals surface area contributed by atoms with Gasteiger partial charge in [0.15, 0.2) is 5.82 Å². The molecule has 0 radical (unpaired) electrons. The normalized spacial score (nSPS) is 20.5. The Labute approximate surface area is 164 Å². The average molecular weight is 405 g/mol. The van der Waals surface area contributed by atoms with E-state index in [-0.39, 0.29) is 23.5 Å². The number of rotatable bonds is 3. The molecule has 148 valence electrons. The zero-order valence-corrected chi connectivity index (χ0v) is 16.1. The maximum absolute atomic E-state index is 15.2. The highest BCUT2D eigenvalue weighted by atomic mass is 32.2. The van der Waals surface area contributed by atoms with Crippen LogP contribution in [0.1, 0.15) is 0 Å². The van der Waals surface area contributed by atoms with Crippen LogP contribution < -0.4 is 13.9 Å². The molecule has 0 spiro atoms. The van der Waals surface area contributed by atoms with Gasteiger partial charge in [0, 0.05) is 43.5 Å². The number of likely N-dealkylation sites (N-methyl/N-ethyl adjacent to an activating group) is 1. The summed E-state index contributed by atoms with van der Waals surface area (Å²) in [6.07, 6.45) is 1.58. The molecule has 2 aromatic rings. The fraction of sp³-hybridized carbons (Fsp3) is 0.333. The van der Waals surface area contributed by atoms with Gasteiger partial charge in [0.25, 0.3) is 5.91 Å².